The summed E-state index contributed by atoms with van der Waals surface area (Å²) >= 11 is 11.7. The van der Waals surface area contributed by atoms with Gasteiger partial charge in [-0.2, -0.15) is 0 Å². The molecule has 0 unspecified atom stereocenters. The normalized spacial score (nSPS) is 10.4. The zero-order valence-electron chi connectivity index (χ0n) is 10.1. The summed E-state index contributed by atoms with van der Waals surface area (Å²) < 4.78 is 4.92. The molecular weight excluding hydrogens is 275 g/mol. The maximum Gasteiger partial charge on any atom is 0.251 e. The Labute approximate surface area is 116 Å². The third-order valence-electron chi connectivity index (χ3n) is 2.38. The molecule has 100 valence electrons. The van der Waals surface area contributed by atoms with Crippen LogP contribution in [0.25, 0.3) is 0 Å². The van der Waals surface area contributed by atoms with Crippen LogP contribution in [0.15, 0.2) is 12.1 Å². The zero-order valence-corrected chi connectivity index (χ0v) is 11.6. The molecule has 0 bridgehead atoms. The molecule has 0 aliphatic carbocycles. The van der Waals surface area contributed by atoms with E-state index in [0.717, 1.165) is 12.8 Å². The third-order valence-corrected chi connectivity index (χ3v) is 3.20. The summed E-state index contributed by atoms with van der Waals surface area (Å²) in [5.74, 6) is -0.210. The minimum atomic E-state index is -0.210. The number of methoxy groups -OCH3 is 1. The molecule has 0 saturated carbocycles. The molecule has 0 atom stereocenters. The topological polar surface area (TPSA) is 64.3 Å². The molecule has 1 rings (SSSR count). The third kappa shape index (κ3) is 4.37. The fraction of sp³-hybridized carbons (Fsp3) is 0.417. The van der Waals surface area contributed by atoms with Crippen molar-refractivity contribution in [1.82, 2.24) is 5.32 Å². The number of nitrogens with two attached hydrogens (primary N) is 1. The summed E-state index contributed by atoms with van der Waals surface area (Å²) in [5, 5.41) is 3.33. The van der Waals surface area contributed by atoms with Crippen LogP contribution in [0.2, 0.25) is 10.0 Å². The molecule has 6 heteroatoms. The molecule has 0 aromatic heterocycles. The van der Waals surface area contributed by atoms with Gasteiger partial charge in [-0.15, -0.1) is 0 Å². The van der Waals surface area contributed by atoms with Crippen molar-refractivity contribution >= 4 is 34.8 Å². The molecule has 4 nitrogen and oxygen atoms in total. The fourth-order valence-electron chi connectivity index (χ4n) is 1.42. The van der Waals surface area contributed by atoms with Crippen LogP contribution in [-0.2, 0) is 4.74 Å². The van der Waals surface area contributed by atoms with Crippen LogP contribution in [0.4, 0.5) is 5.69 Å². The van der Waals surface area contributed by atoms with E-state index < -0.39 is 0 Å². The number of nitrogens with one attached hydrogen (secondary N) is 1. The lowest BCUT2D eigenvalue weighted by molar-refractivity contribution is 0.0951. The second-order valence-corrected chi connectivity index (χ2v) is 4.60. The first-order valence-corrected chi connectivity index (χ1v) is 6.33. The van der Waals surface area contributed by atoms with Gasteiger partial charge in [0, 0.05) is 25.8 Å². The minimum Gasteiger partial charge on any atom is -0.397 e. The first-order chi connectivity index (χ1) is 8.56. The number of benzene rings is 1. The number of hydrogen-bond acceptors (Lipinski definition) is 3. The van der Waals surface area contributed by atoms with Crippen LogP contribution in [0.1, 0.15) is 23.2 Å². The number of rotatable bonds is 6. The summed E-state index contributed by atoms with van der Waals surface area (Å²) in [4.78, 5) is 11.8. The molecule has 0 aliphatic rings. The van der Waals surface area contributed by atoms with Crippen molar-refractivity contribution in [3.8, 4) is 0 Å². The average Bonchev–Trinajstić information content (AvgIpc) is 2.34. The van der Waals surface area contributed by atoms with Crippen LogP contribution in [-0.4, -0.2) is 26.2 Å². The molecule has 0 fully saturated rings. The van der Waals surface area contributed by atoms with Crippen LogP contribution in [0.5, 0.6) is 0 Å². The molecule has 0 radical (unpaired) electrons. The van der Waals surface area contributed by atoms with Gasteiger partial charge in [0.1, 0.15) is 0 Å². The molecule has 0 spiro atoms. The molecule has 1 aromatic carbocycles. The van der Waals surface area contributed by atoms with Crippen LogP contribution < -0.4 is 11.1 Å². The number of amides is 1. The Morgan fingerprint density at radius 2 is 2.11 bits per heavy atom. The lowest BCUT2D eigenvalue weighted by atomic mass is 10.2. The second kappa shape index (κ2) is 7.46. The second-order valence-electron chi connectivity index (χ2n) is 3.82. The van der Waals surface area contributed by atoms with Crippen molar-refractivity contribution in [2.45, 2.75) is 12.8 Å². The largest absolute Gasteiger partial charge is 0.397 e. The summed E-state index contributed by atoms with van der Waals surface area (Å²) in [6.07, 6.45) is 1.76. The van der Waals surface area contributed by atoms with E-state index in [-0.39, 0.29) is 16.0 Å². The van der Waals surface area contributed by atoms with Gasteiger partial charge in [-0.25, -0.2) is 0 Å². The fourth-order valence-corrected chi connectivity index (χ4v) is 1.75. The Kier molecular flexibility index (Phi) is 6.25. The van der Waals surface area contributed by atoms with Gasteiger partial charge in [0.2, 0.25) is 0 Å². The smallest absolute Gasteiger partial charge is 0.251 e. The van der Waals surface area contributed by atoms with E-state index in [1.54, 1.807) is 7.11 Å². The maximum atomic E-state index is 11.8. The Bertz CT molecular complexity index is 402. The first kappa shape index (κ1) is 15.1. The van der Waals surface area contributed by atoms with Crippen LogP contribution >= 0.6 is 23.2 Å². The van der Waals surface area contributed by atoms with Crippen LogP contribution in [0.3, 0.4) is 0 Å². The number of hydrogen-bond donors (Lipinski definition) is 2. The minimum absolute atomic E-state index is 0.210. The molecule has 18 heavy (non-hydrogen) atoms. The van der Waals surface area contributed by atoms with Gasteiger partial charge in [0.05, 0.1) is 15.7 Å². The van der Waals surface area contributed by atoms with Crippen molar-refractivity contribution in [2.75, 3.05) is 26.0 Å². The van der Waals surface area contributed by atoms with E-state index in [0.29, 0.717) is 24.4 Å². The number of unbranched alkanes of at least 4 members (excludes halogenated alkanes) is 1. The number of carbonyl (C=O) groups is 1. The van der Waals surface area contributed by atoms with E-state index in [1.165, 1.54) is 12.1 Å². The molecule has 1 aromatic rings. The number of nitrogen functional groups attached to an aromatic ring is 1. The number of anilines is 1. The predicted octanol–water partition coefficient (Wildman–Crippen LogP) is 2.73. The highest BCUT2D eigenvalue weighted by Gasteiger charge is 2.10. The van der Waals surface area contributed by atoms with Gasteiger partial charge in [-0.1, -0.05) is 23.2 Å². The Balaban J connectivity index is 2.52. The summed E-state index contributed by atoms with van der Waals surface area (Å²) in [6.45, 7) is 1.28. The quantitative estimate of drug-likeness (QED) is 0.625. The monoisotopic (exact) mass is 290 g/mol. The van der Waals surface area contributed by atoms with Gasteiger partial charge in [0.15, 0.2) is 0 Å². The molecule has 0 heterocycles. The van der Waals surface area contributed by atoms with Gasteiger partial charge in [0.25, 0.3) is 5.91 Å². The molecule has 3 N–H and O–H groups in total. The molecular formula is C12H16Cl2N2O2. The Morgan fingerprint density at radius 1 is 1.39 bits per heavy atom. The lowest BCUT2D eigenvalue weighted by Gasteiger charge is -2.07. The Morgan fingerprint density at radius 3 is 2.72 bits per heavy atom. The van der Waals surface area contributed by atoms with E-state index in [4.69, 9.17) is 33.7 Å². The highest BCUT2D eigenvalue weighted by Crippen LogP contribution is 2.29. The molecule has 0 saturated heterocycles. The first-order valence-electron chi connectivity index (χ1n) is 5.58. The lowest BCUT2D eigenvalue weighted by Crippen LogP contribution is -2.24. The number of ether oxygens (including phenoxy) is 1. The van der Waals surface area contributed by atoms with Gasteiger partial charge < -0.3 is 15.8 Å². The van der Waals surface area contributed by atoms with Gasteiger partial charge in [-0.05, 0) is 25.0 Å². The summed E-state index contributed by atoms with van der Waals surface area (Å²) in [7, 11) is 1.65. The maximum absolute atomic E-state index is 11.8. The zero-order chi connectivity index (χ0) is 13.5. The summed E-state index contributed by atoms with van der Waals surface area (Å²) in [5.41, 5.74) is 6.35. The number of carbonyl (C=O) groups excluding carboxylic acids is 1. The molecule has 1 amide bonds. The highest BCUT2D eigenvalue weighted by atomic mass is 35.5. The van der Waals surface area contributed by atoms with E-state index in [1.807, 2.05) is 0 Å². The average molecular weight is 291 g/mol. The van der Waals surface area contributed by atoms with E-state index in [2.05, 4.69) is 5.32 Å². The number of halogens is 2. The van der Waals surface area contributed by atoms with Crippen molar-refractivity contribution in [2.24, 2.45) is 0 Å². The SMILES string of the molecule is COCCCCNC(=O)c1cc(N)c(Cl)c(Cl)c1. The van der Waals surface area contributed by atoms with E-state index >= 15 is 0 Å². The molecule has 0 aliphatic heterocycles. The van der Waals surface area contributed by atoms with Crippen LogP contribution in [0, 0.1) is 0 Å². The van der Waals surface area contributed by atoms with Gasteiger partial charge in [-0.3, -0.25) is 4.79 Å². The highest BCUT2D eigenvalue weighted by molar-refractivity contribution is 6.43. The standard InChI is InChI=1S/C12H16Cl2N2O2/c1-18-5-3-2-4-16-12(17)8-6-9(13)11(14)10(15)7-8/h6-7H,2-5,15H2,1H3,(H,16,17). The van der Waals surface area contributed by atoms with Crippen molar-refractivity contribution in [3.05, 3.63) is 27.7 Å². The van der Waals surface area contributed by atoms with Crippen molar-refractivity contribution in [1.29, 1.82) is 0 Å². The van der Waals surface area contributed by atoms with Crippen molar-refractivity contribution < 1.29 is 9.53 Å². The predicted molar refractivity (Wildman–Crippen MR) is 74.3 cm³/mol. The van der Waals surface area contributed by atoms with E-state index in [9.17, 15) is 4.79 Å². The van der Waals surface area contributed by atoms with Crippen molar-refractivity contribution in [3.63, 3.8) is 0 Å². The summed E-state index contributed by atoms with van der Waals surface area (Å²) in [6, 6.07) is 3.02. The Hall–Kier alpha value is -0.970. The van der Waals surface area contributed by atoms with Gasteiger partial charge >= 0.3 is 0 Å².